The third-order valence-corrected chi connectivity index (χ3v) is 4.52. The second kappa shape index (κ2) is 7.13. The van der Waals surface area contributed by atoms with Crippen LogP contribution in [0.3, 0.4) is 0 Å². The smallest absolute Gasteiger partial charge is 0.229 e. The van der Waals surface area contributed by atoms with Gasteiger partial charge in [0, 0.05) is 35.1 Å². The van der Waals surface area contributed by atoms with Crippen LogP contribution in [0, 0.1) is 5.41 Å². The fraction of sp³-hybridized carbons (Fsp3) is 0.444. The number of anilines is 2. The number of rotatable bonds is 5. The van der Waals surface area contributed by atoms with Crippen LogP contribution < -0.4 is 10.2 Å². The second-order valence-electron chi connectivity index (χ2n) is 6.47. The average molecular weight is 331 g/mol. The number of nitrogens with one attached hydrogen (secondary N) is 1. The lowest BCUT2D eigenvalue weighted by Crippen LogP contribution is -2.27. The number of benzene rings is 1. The molecule has 2 aromatic rings. The molecule has 23 heavy (non-hydrogen) atoms. The highest BCUT2D eigenvalue weighted by Gasteiger charge is 2.21. The van der Waals surface area contributed by atoms with Gasteiger partial charge in [-0.05, 0) is 26.0 Å². The monoisotopic (exact) mass is 331 g/mol. The third kappa shape index (κ3) is 4.32. The molecular weight excluding hydrogens is 306 g/mol. The van der Waals surface area contributed by atoms with Crippen LogP contribution in [0.15, 0.2) is 29.6 Å². The van der Waals surface area contributed by atoms with Gasteiger partial charge in [0.1, 0.15) is 0 Å². The van der Waals surface area contributed by atoms with E-state index in [9.17, 15) is 4.79 Å². The van der Waals surface area contributed by atoms with Gasteiger partial charge in [-0.25, -0.2) is 4.98 Å². The molecule has 1 heterocycles. The lowest BCUT2D eigenvalue weighted by molar-refractivity contribution is -0.123. The molecule has 0 saturated carbocycles. The van der Waals surface area contributed by atoms with Gasteiger partial charge in [-0.15, -0.1) is 11.3 Å². The van der Waals surface area contributed by atoms with Gasteiger partial charge in [0.2, 0.25) is 5.91 Å². The van der Waals surface area contributed by atoms with Gasteiger partial charge in [-0.2, -0.15) is 0 Å². The van der Waals surface area contributed by atoms with Crippen molar-refractivity contribution in [2.24, 2.45) is 5.41 Å². The topological polar surface area (TPSA) is 45.2 Å². The molecule has 1 N–H and O–H groups in total. The normalized spacial score (nSPS) is 11.3. The maximum Gasteiger partial charge on any atom is 0.229 e. The highest BCUT2D eigenvalue weighted by atomic mass is 32.1. The summed E-state index contributed by atoms with van der Waals surface area (Å²) < 4.78 is 0. The largest absolute Gasteiger partial charge is 0.349 e. The van der Waals surface area contributed by atoms with Gasteiger partial charge in [-0.1, -0.05) is 32.9 Å². The quantitative estimate of drug-likeness (QED) is 0.868. The van der Waals surface area contributed by atoms with Crippen LogP contribution in [-0.2, 0) is 4.79 Å². The van der Waals surface area contributed by atoms with E-state index < -0.39 is 5.41 Å². The Morgan fingerprint density at radius 3 is 2.57 bits per heavy atom. The summed E-state index contributed by atoms with van der Waals surface area (Å²) >= 11 is 1.65. The summed E-state index contributed by atoms with van der Waals surface area (Å²) in [5, 5.41) is 6.07. The summed E-state index contributed by atoms with van der Waals surface area (Å²) in [4.78, 5) is 19.1. The summed E-state index contributed by atoms with van der Waals surface area (Å²) in [5.41, 5.74) is 2.36. The minimum absolute atomic E-state index is 0.0109. The molecule has 4 nitrogen and oxygen atoms in total. The summed E-state index contributed by atoms with van der Waals surface area (Å²) in [6, 6.07) is 7.85. The van der Waals surface area contributed by atoms with Crippen molar-refractivity contribution in [2.45, 2.75) is 34.6 Å². The molecule has 0 unspecified atom stereocenters. The number of amides is 1. The van der Waals surface area contributed by atoms with Crippen molar-refractivity contribution in [1.82, 2.24) is 4.98 Å². The Morgan fingerprint density at radius 1 is 1.26 bits per heavy atom. The van der Waals surface area contributed by atoms with Crippen molar-refractivity contribution in [3.05, 3.63) is 29.6 Å². The Kier molecular flexibility index (Phi) is 5.42. The number of carbonyl (C=O) groups excluding carboxylic acids is 1. The van der Waals surface area contributed by atoms with Gasteiger partial charge in [0.05, 0.1) is 5.69 Å². The number of carbonyl (C=O) groups is 1. The Bertz CT molecular complexity index is 669. The molecule has 0 aliphatic heterocycles. The van der Waals surface area contributed by atoms with E-state index in [1.165, 1.54) is 0 Å². The molecule has 0 fully saturated rings. The molecule has 0 aliphatic rings. The van der Waals surface area contributed by atoms with Gasteiger partial charge in [-0.3, -0.25) is 4.79 Å². The van der Waals surface area contributed by atoms with Crippen molar-refractivity contribution >= 4 is 28.1 Å². The molecule has 0 saturated heterocycles. The Balaban J connectivity index is 2.22. The van der Waals surface area contributed by atoms with E-state index in [0.29, 0.717) is 0 Å². The maximum absolute atomic E-state index is 12.1. The Morgan fingerprint density at radius 2 is 1.96 bits per heavy atom. The zero-order valence-corrected chi connectivity index (χ0v) is 15.3. The molecule has 0 radical (unpaired) electrons. The molecule has 2 rings (SSSR count). The van der Waals surface area contributed by atoms with Crippen LogP contribution in [0.1, 0.15) is 34.6 Å². The van der Waals surface area contributed by atoms with E-state index in [2.05, 4.69) is 29.4 Å². The minimum atomic E-state index is -0.410. The van der Waals surface area contributed by atoms with Crippen LogP contribution >= 0.6 is 11.3 Å². The second-order valence-corrected chi connectivity index (χ2v) is 7.31. The zero-order valence-electron chi connectivity index (χ0n) is 14.5. The Hall–Kier alpha value is -1.88. The molecule has 0 atom stereocenters. The van der Waals surface area contributed by atoms with Gasteiger partial charge in [0.25, 0.3) is 0 Å². The summed E-state index contributed by atoms with van der Waals surface area (Å²) in [7, 11) is 0. The van der Waals surface area contributed by atoms with E-state index in [-0.39, 0.29) is 5.91 Å². The zero-order chi connectivity index (χ0) is 17.0. The van der Waals surface area contributed by atoms with E-state index in [4.69, 9.17) is 4.98 Å². The summed E-state index contributed by atoms with van der Waals surface area (Å²) in [6.45, 7) is 11.9. The first-order valence-electron chi connectivity index (χ1n) is 7.97. The predicted octanol–water partition coefficient (Wildman–Crippen LogP) is 4.64. The highest BCUT2D eigenvalue weighted by molar-refractivity contribution is 7.14. The maximum atomic E-state index is 12.1. The fourth-order valence-electron chi connectivity index (χ4n) is 2.11. The third-order valence-electron chi connectivity index (χ3n) is 3.62. The molecular formula is C18H25N3OS. The molecule has 0 aliphatic carbocycles. The number of hydrogen-bond acceptors (Lipinski definition) is 4. The first kappa shape index (κ1) is 17.5. The first-order chi connectivity index (χ1) is 10.8. The lowest BCUT2D eigenvalue weighted by Gasteiger charge is -2.18. The standard InChI is InChI=1S/C18H25N3OS/c1-6-21(7-2)17-20-15(12-23-17)13-9-8-10-14(11-13)19-16(22)18(3,4)5/h8-12H,6-7H2,1-5H3,(H,19,22). The lowest BCUT2D eigenvalue weighted by atomic mass is 9.95. The average Bonchev–Trinajstić information content (AvgIpc) is 2.98. The van der Waals surface area contributed by atoms with Crippen LogP contribution in [0.5, 0.6) is 0 Å². The molecule has 0 bridgehead atoms. The van der Waals surface area contributed by atoms with Gasteiger partial charge < -0.3 is 10.2 Å². The van der Waals surface area contributed by atoms with Gasteiger partial charge in [0.15, 0.2) is 5.13 Å². The summed E-state index contributed by atoms with van der Waals surface area (Å²) in [6.07, 6.45) is 0. The number of aromatic nitrogens is 1. The van der Waals surface area contributed by atoms with Crippen LogP contribution in [0.4, 0.5) is 10.8 Å². The van der Waals surface area contributed by atoms with E-state index in [1.807, 2.05) is 45.0 Å². The number of thiazole rings is 1. The van der Waals surface area contributed by atoms with Crippen molar-refractivity contribution < 1.29 is 4.79 Å². The molecule has 1 aromatic carbocycles. The van der Waals surface area contributed by atoms with E-state index in [0.717, 1.165) is 35.2 Å². The number of nitrogens with zero attached hydrogens (tertiary/aromatic N) is 2. The van der Waals surface area contributed by atoms with Crippen LogP contribution in [0.25, 0.3) is 11.3 Å². The highest BCUT2D eigenvalue weighted by Crippen LogP contribution is 2.29. The van der Waals surface area contributed by atoms with E-state index in [1.54, 1.807) is 11.3 Å². The van der Waals surface area contributed by atoms with Crippen molar-refractivity contribution in [1.29, 1.82) is 0 Å². The minimum Gasteiger partial charge on any atom is -0.349 e. The van der Waals surface area contributed by atoms with Crippen molar-refractivity contribution in [3.63, 3.8) is 0 Å². The summed E-state index contributed by atoms with van der Waals surface area (Å²) in [5.74, 6) is 0.0109. The van der Waals surface area contributed by atoms with E-state index >= 15 is 0 Å². The van der Waals surface area contributed by atoms with Crippen molar-refractivity contribution in [3.8, 4) is 11.3 Å². The van der Waals surface area contributed by atoms with Gasteiger partial charge >= 0.3 is 0 Å². The predicted molar refractivity (Wildman–Crippen MR) is 99.2 cm³/mol. The molecule has 1 aromatic heterocycles. The van der Waals surface area contributed by atoms with Crippen LogP contribution in [0.2, 0.25) is 0 Å². The van der Waals surface area contributed by atoms with Crippen LogP contribution in [-0.4, -0.2) is 24.0 Å². The number of hydrogen-bond donors (Lipinski definition) is 1. The van der Waals surface area contributed by atoms with Crippen molar-refractivity contribution in [2.75, 3.05) is 23.3 Å². The first-order valence-corrected chi connectivity index (χ1v) is 8.85. The molecule has 0 spiro atoms. The Labute approximate surface area is 142 Å². The molecule has 5 heteroatoms. The molecule has 124 valence electrons. The fourth-order valence-corrected chi connectivity index (χ4v) is 3.08. The SMILES string of the molecule is CCN(CC)c1nc(-c2cccc(NC(=O)C(C)(C)C)c2)cs1. The molecule has 1 amide bonds.